The predicted molar refractivity (Wildman–Crippen MR) is 160 cm³/mol. The third-order valence-corrected chi connectivity index (χ3v) is 9.68. The van der Waals surface area contributed by atoms with Gasteiger partial charge in [-0.15, -0.1) is 0 Å². The van der Waals surface area contributed by atoms with Crippen molar-refractivity contribution >= 4 is 27.5 Å². The maximum atomic E-state index is 14.2. The van der Waals surface area contributed by atoms with Crippen LogP contribution in [0.3, 0.4) is 0 Å². The first-order valence-corrected chi connectivity index (χ1v) is 15.8. The van der Waals surface area contributed by atoms with E-state index in [-0.39, 0.29) is 29.1 Å². The van der Waals surface area contributed by atoms with E-state index in [0.717, 1.165) is 41.1 Å². The van der Waals surface area contributed by atoms with Gasteiger partial charge in [0.1, 0.15) is 25.8 Å². The fourth-order valence-electron chi connectivity index (χ4n) is 5.38. The summed E-state index contributed by atoms with van der Waals surface area (Å²) in [6.07, 6.45) is 3.95. The summed E-state index contributed by atoms with van der Waals surface area (Å²) in [5, 5.41) is 3.09. The molecule has 0 spiro atoms. The van der Waals surface area contributed by atoms with Crippen molar-refractivity contribution in [2.45, 2.75) is 63.1 Å². The number of fused-ring (bicyclic) bond motifs is 1. The Labute approximate surface area is 247 Å². The van der Waals surface area contributed by atoms with E-state index >= 15 is 0 Å². The Morgan fingerprint density at radius 3 is 2.31 bits per heavy atom. The minimum absolute atomic E-state index is 0.0465. The van der Waals surface area contributed by atoms with E-state index in [0.29, 0.717) is 24.7 Å². The van der Waals surface area contributed by atoms with Gasteiger partial charge in [-0.1, -0.05) is 55.3 Å². The number of benzene rings is 3. The highest BCUT2D eigenvalue weighted by atomic mass is 32.2. The van der Waals surface area contributed by atoms with Gasteiger partial charge in [-0.05, 0) is 62.1 Å². The van der Waals surface area contributed by atoms with E-state index in [1.807, 2.05) is 31.2 Å². The summed E-state index contributed by atoms with van der Waals surface area (Å²) in [7, 11) is -4.17. The zero-order chi connectivity index (χ0) is 29.7. The van der Waals surface area contributed by atoms with Crippen molar-refractivity contribution in [1.82, 2.24) is 10.2 Å². The lowest BCUT2D eigenvalue weighted by Gasteiger charge is -2.33. The smallest absolute Gasteiger partial charge is 0.264 e. The normalized spacial score (nSPS) is 15.6. The molecule has 1 aliphatic heterocycles. The monoisotopic (exact) mass is 591 g/mol. The molecular formula is C32H37N3O6S. The molecule has 5 rings (SSSR count). The quantitative estimate of drug-likeness (QED) is 0.374. The molecule has 0 saturated heterocycles. The molecule has 1 heterocycles. The van der Waals surface area contributed by atoms with Gasteiger partial charge in [-0.3, -0.25) is 13.9 Å². The number of hydrogen-bond acceptors (Lipinski definition) is 6. The first kappa shape index (κ1) is 29.4. The summed E-state index contributed by atoms with van der Waals surface area (Å²) in [6.45, 7) is 4.02. The number of carbonyl (C=O) groups is 2. The number of anilines is 1. The second-order valence-electron chi connectivity index (χ2n) is 10.8. The summed E-state index contributed by atoms with van der Waals surface area (Å²) in [5.74, 6) is 0.162. The number of rotatable bonds is 10. The van der Waals surface area contributed by atoms with E-state index in [1.54, 1.807) is 43.3 Å². The SMILES string of the molecule is Cc1ccccc1CN(C(=O)CN(c1ccc2c(c1)OCCO2)S(=O)(=O)c1ccccc1)C(C)C(=O)NC1CCCC1. The number of ether oxygens (including phenoxy) is 2. The molecule has 1 atom stereocenters. The minimum atomic E-state index is -4.17. The van der Waals surface area contributed by atoms with E-state index < -0.39 is 28.5 Å². The van der Waals surface area contributed by atoms with Crippen molar-refractivity contribution in [2.24, 2.45) is 0 Å². The standard InChI is InChI=1S/C32H37N3O6S/c1-23-10-6-7-11-25(23)21-34(24(2)32(37)33-26-12-8-9-13-26)31(36)22-35(42(38,39)28-14-4-3-5-15-28)27-16-17-29-30(20-27)41-19-18-40-29/h3-7,10-11,14-17,20,24,26H,8-9,12-13,18-19,21-22H2,1-2H3,(H,33,37). The Balaban J connectivity index is 1.50. The first-order chi connectivity index (χ1) is 20.2. The molecule has 222 valence electrons. The molecule has 2 aliphatic rings. The highest BCUT2D eigenvalue weighted by Gasteiger charge is 2.34. The number of aryl methyl sites for hydroxylation is 1. The number of nitrogens with one attached hydrogen (secondary N) is 1. The van der Waals surface area contributed by atoms with Crippen LogP contribution in [0.5, 0.6) is 11.5 Å². The Hall–Kier alpha value is -4.05. The van der Waals surface area contributed by atoms with Crippen LogP contribution in [0.15, 0.2) is 77.7 Å². The fraction of sp³-hybridized carbons (Fsp3) is 0.375. The first-order valence-electron chi connectivity index (χ1n) is 14.4. The predicted octanol–water partition coefficient (Wildman–Crippen LogP) is 4.44. The van der Waals surface area contributed by atoms with Crippen molar-refractivity contribution in [3.05, 3.63) is 83.9 Å². The number of sulfonamides is 1. The third kappa shape index (κ3) is 6.54. The third-order valence-electron chi connectivity index (χ3n) is 7.89. The Bertz CT molecular complexity index is 1520. The highest BCUT2D eigenvalue weighted by Crippen LogP contribution is 2.36. The van der Waals surface area contributed by atoms with Gasteiger partial charge in [-0.2, -0.15) is 0 Å². The van der Waals surface area contributed by atoms with E-state index in [9.17, 15) is 18.0 Å². The Kier molecular flexibility index (Phi) is 9.01. The Morgan fingerprint density at radius 2 is 1.60 bits per heavy atom. The zero-order valence-corrected chi connectivity index (χ0v) is 24.8. The van der Waals surface area contributed by atoms with Crippen LogP contribution < -0.4 is 19.1 Å². The van der Waals surface area contributed by atoms with Gasteiger partial charge < -0.3 is 19.7 Å². The maximum absolute atomic E-state index is 14.2. The highest BCUT2D eigenvalue weighted by molar-refractivity contribution is 7.92. The largest absolute Gasteiger partial charge is 0.486 e. The molecule has 3 aromatic rings. The molecule has 1 fully saturated rings. The van der Waals surface area contributed by atoms with Crippen LogP contribution in [-0.2, 0) is 26.2 Å². The molecule has 0 aromatic heterocycles. The molecule has 1 unspecified atom stereocenters. The molecule has 1 saturated carbocycles. The molecule has 9 nitrogen and oxygen atoms in total. The van der Waals surface area contributed by atoms with Gasteiger partial charge in [0.05, 0.1) is 10.6 Å². The molecular weight excluding hydrogens is 554 g/mol. The maximum Gasteiger partial charge on any atom is 0.264 e. The van der Waals surface area contributed by atoms with E-state index in [2.05, 4.69) is 5.32 Å². The van der Waals surface area contributed by atoms with Crippen LogP contribution in [0.4, 0.5) is 5.69 Å². The van der Waals surface area contributed by atoms with Gasteiger partial charge >= 0.3 is 0 Å². The fourth-order valence-corrected chi connectivity index (χ4v) is 6.81. The van der Waals surface area contributed by atoms with Gasteiger partial charge in [-0.25, -0.2) is 8.42 Å². The zero-order valence-electron chi connectivity index (χ0n) is 24.0. The summed E-state index contributed by atoms with van der Waals surface area (Å²) >= 11 is 0. The van der Waals surface area contributed by atoms with Crippen LogP contribution >= 0.6 is 0 Å². The van der Waals surface area contributed by atoms with Crippen LogP contribution in [0.2, 0.25) is 0 Å². The van der Waals surface area contributed by atoms with Crippen molar-refractivity contribution in [3.63, 3.8) is 0 Å². The molecule has 3 aromatic carbocycles. The summed E-state index contributed by atoms with van der Waals surface area (Å²) < 4.78 is 40.4. The van der Waals surface area contributed by atoms with Crippen molar-refractivity contribution in [1.29, 1.82) is 0 Å². The lowest BCUT2D eigenvalue weighted by Crippen LogP contribution is -2.52. The van der Waals surface area contributed by atoms with E-state index in [1.165, 1.54) is 17.0 Å². The number of amides is 2. The molecule has 42 heavy (non-hydrogen) atoms. The molecule has 0 radical (unpaired) electrons. The molecule has 1 aliphatic carbocycles. The summed E-state index contributed by atoms with van der Waals surface area (Å²) in [5.41, 5.74) is 2.11. The number of nitrogens with zero attached hydrogens (tertiary/aromatic N) is 2. The van der Waals surface area contributed by atoms with Gasteiger partial charge in [0.2, 0.25) is 11.8 Å². The van der Waals surface area contributed by atoms with Crippen LogP contribution in [0.1, 0.15) is 43.7 Å². The van der Waals surface area contributed by atoms with Crippen LogP contribution in [0, 0.1) is 6.92 Å². The number of hydrogen-bond donors (Lipinski definition) is 1. The average molecular weight is 592 g/mol. The van der Waals surface area contributed by atoms with Gasteiger partial charge in [0.25, 0.3) is 10.0 Å². The lowest BCUT2D eigenvalue weighted by atomic mass is 10.1. The average Bonchev–Trinajstić information content (AvgIpc) is 3.52. The minimum Gasteiger partial charge on any atom is -0.486 e. The van der Waals surface area contributed by atoms with Gasteiger partial charge in [0, 0.05) is 18.7 Å². The van der Waals surface area contributed by atoms with Crippen molar-refractivity contribution < 1.29 is 27.5 Å². The second kappa shape index (κ2) is 12.9. The van der Waals surface area contributed by atoms with Crippen molar-refractivity contribution in [3.8, 4) is 11.5 Å². The lowest BCUT2D eigenvalue weighted by molar-refractivity contribution is -0.139. The summed E-state index contributed by atoms with van der Waals surface area (Å²) in [4.78, 5) is 29.1. The second-order valence-corrected chi connectivity index (χ2v) is 12.6. The summed E-state index contributed by atoms with van der Waals surface area (Å²) in [6, 6.07) is 19.7. The molecule has 2 amide bonds. The van der Waals surface area contributed by atoms with Crippen LogP contribution in [-0.4, -0.2) is 57.0 Å². The van der Waals surface area contributed by atoms with E-state index in [4.69, 9.17) is 9.47 Å². The molecule has 10 heteroatoms. The van der Waals surface area contributed by atoms with Crippen molar-refractivity contribution in [2.75, 3.05) is 24.1 Å². The van der Waals surface area contributed by atoms with Gasteiger partial charge in [0.15, 0.2) is 11.5 Å². The van der Waals surface area contributed by atoms with Crippen LogP contribution in [0.25, 0.3) is 0 Å². The molecule has 1 N–H and O–H groups in total. The molecule has 0 bridgehead atoms. The topological polar surface area (TPSA) is 105 Å². The Morgan fingerprint density at radius 1 is 0.929 bits per heavy atom. The number of carbonyl (C=O) groups excluding carboxylic acids is 2.